The van der Waals surface area contributed by atoms with Crippen molar-refractivity contribution in [2.75, 3.05) is 26.6 Å². The normalized spacial score (nSPS) is 18.6. The number of fused-ring (bicyclic) bond motifs is 1. The number of aromatic nitrogens is 3. The van der Waals surface area contributed by atoms with Gasteiger partial charge < -0.3 is 20.9 Å². The molecule has 3 heterocycles. The molecule has 43 heavy (non-hydrogen) atoms. The highest BCUT2D eigenvalue weighted by molar-refractivity contribution is 6.23. The molecule has 3 aromatic rings. The van der Waals surface area contributed by atoms with Gasteiger partial charge in [0.25, 0.3) is 0 Å². The maximum Gasteiger partial charge on any atom is 0.324 e. The van der Waals surface area contributed by atoms with E-state index in [-0.39, 0.29) is 40.3 Å². The van der Waals surface area contributed by atoms with Crippen molar-refractivity contribution >= 4 is 46.6 Å². The Labute approximate surface area is 248 Å². The summed E-state index contributed by atoms with van der Waals surface area (Å²) in [5.41, 5.74) is 7.28. The first-order valence-corrected chi connectivity index (χ1v) is 13.7. The second-order valence-corrected chi connectivity index (χ2v) is 11.4. The predicted octanol–water partition coefficient (Wildman–Crippen LogP) is 4.81. The molecule has 0 saturated heterocycles. The van der Waals surface area contributed by atoms with E-state index in [9.17, 15) is 14.9 Å². The van der Waals surface area contributed by atoms with Crippen molar-refractivity contribution in [3.05, 3.63) is 71.9 Å². The van der Waals surface area contributed by atoms with Crippen LogP contribution in [0.1, 0.15) is 45.9 Å². The largest absolute Gasteiger partial charge is 0.382 e. The molecule has 2 aromatic heterocycles. The van der Waals surface area contributed by atoms with E-state index in [2.05, 4.69) is 31.1 Å². The number of nitrogens with zero attached hydrogens (tertiary/aromatic N) is 6. The quantitative estimate of drug-likeness (QED) is 0.317. The standard InChI is InChI=1S/C30H32N10O3/c1-16-8-6-11-21-24(16)28(41)40(27(37-21)17(2)35-26-20(14-31)25(32)33-15-34-26)19-10-7-9-18(12-19)36-29(42)38-23-13-22(43-39-23)30(3,4)5/h6-13,15-17,24H,1-5H3,(H3,32,33,34,35)(H2,36,38,39,42)/t16?,17-,24?/m0/s1. The lowest BCUT2D eigenvalue weighted by Gasteiger charge is -2.38. The molecule has 0 radical (unpaired) electrons. The number of nitrogens with one attached hydrogen (secondary N) is 3. The summed E-state index contributed by atoms with van der Waals surface area (Å²) in [5, 5.41) is 22.1. The zero-order chi connectivity index (χ0) is 30.9. The Hall–Kier alpha value is -5.51. The molecule has 2 unspecified atom stereocenters. The summed E-state index contributed by atoms with van der Waals surface area (Å²) in [4.78, 5) is 41.4. The van der Waals surface area contributed by atoms with Crippen LogP contribution >= 0.6 is 0 Å². The number of hydrogen-bond donors (Lipinski definition) is 4. The van der Waals surface area contributed by atoms with Crippen molar-refractivity contribution in [2.45, 2.75) is 46.1 Å². The Kier molecular flexibility index (Phi) is 7.69. The third-order valence-electron chi connectivity index (χ3n) is 7.07. The van der Waals surface area contributed by atoms with E-state index in [0.717, 1.165) is 0 Å². The first kappa shape index (κ1) is 29.0. The minimum Gasteiger partial charge on any atom is -0.382 e. The van der Waals surface area contributed by atoms with E-state index >= 15 is 0 Å². The summed E-state index contributed by atoms with van der Waals surface area (Å²) >= 11 is 0. The molecule has 3 atom stereocenters. The van der Waals surface area contributed by atoms with Gasteiger partial charge in [-0.3, -0.25) is 15.0 Å². The molecule has 0 spiro atoms. The molecule has 0 bridgehead atoms. The second kappa shape index (κ2) is 11.4. The predicted molar refractivity (Wildman–Crippen MR) is 163 cm³/mol. The van der Waals surface area contributed by atoms with Crippen molar-refractivity contribution in [3.8, 4) is 6.07 Å². The number of rotatable bonds is 6. The molecule has 220 valence electrons. The minimum absolute atomic E-state index is 0.0389. The number of aliphatic imine (C=N–C) groups is 1. The van der Waals surface area contributed by atoms with Crippen LogP contribution in [0.4, 0.5) is 33.6 Å². The van der Waals surface area contributed by atoms with Crippen molar-refractivity contribution in [2.24, 2.45) is 16.8 Å². The molecular formula is C30H32N10O3. The van der Waals surface area contributed by atoms with Crippen LogP contribution in [0, 0.1) is 23.2 Å². The molecule has 1 aliphatic heterocycles. The van der Waals surface area contributed by atoms with Crippen LogP contribution in [0.5, 0.6) is 0 Å². The Balaban J connectivity index is 1.44. The third kappa shape index (κ3) is 5.94. The van der Waals surface area contributed by atoms with Crippen molar-refractivity contribution in [3.63, 3.8) is 0 Å². The number of hydrogen-bond acceptors (Lipinski definition) is 10. The molecule has 1 aliphatic carbocycles. The van der Waals surface area contributed by atoms with Gasteiger partial charge in [-0.05, 0) is 37.1 Å². The number of benzene rings is 1. The fourth-order valence-corrected chi connectivity index (χ4v) is 4.83. The number of allylic oxidation sites excluding steroid dienone is 3. The summed E-state index contributed by atoms with van der Waals surface area (Å²) in [7, 11) is 0. The summed E-state index contributed by atoms with van der Waals surface area (Å²) in [6, 6.07) is 9.47. The molecule has 0 fully saturated rings. The van der Waals surface area contributed by atoms with Crippen LogP contribution in [0.15, 0.2) is 70.1 Å². The van der Waals surface area contributed by atoms with E-state index in [4.69, 9.17) is 15.2 Å². The minimum atomic E-state index is -0.586. The van der Waals surface area contributed by atoms with Crippen LogP contribution in [-0.4, -0.2) is 38.9 Å². The van der Waals surface area contributed by atoms with Crippen LogP contribution < -0.4 is 26.6 Å². The number of urea groups is 1. The highest BCUT2D eigenvalue weighted by Crippen LogP contribution is 2.36. The van der Waals surface area contributed by atoms with Crippen molar-refractivity contribution in [1.29, 1.82) is 5.26 Å². The summed E-state index contributed by atoms with van der Waals surface area (Å²) in [6.45, 7) is 9.71. The smallest absolute Gasteiger partial charge is 0.324 e. The van der Waals surface area contributed by atoms with Gasteiger partial charge in [0, 0.05) is 17.2 Å². The van der Waals surface area contributed by atoms with Gasteiger partial charge in [0.15, 0.2) is 5.82 Å². The molecule has 2 aliphatic rings. The number of carbonyl (C=O) groups excluding carboxylic acids is 2. The Morgan fingerprint density at radius 3 is 2.72 bits per heavy atom. The molecule has 5 N–H and O–H groups in total. The van der Waals surface area contributed by atoms with Crippen LogP contribution in [0.2, 0.25) is 0 Å². The monoisotopic (exact) mass is 580 g/mol. The first-order chi connectivity index (χ1) is 20.5. The van der Waals surface area contributed by atoms with Gasteiger partial charge in [0.2, 0.25) is 5.91 Å². The second-order valence-electron chi connectivity index (χ2n) is 11.4. The van der Waals surface area contributed by atoms with Crippen molar-refractivity contribution < 1.29 is 14.1 Å². The van der Waals surface area contributed by atoms with E-state index in [0.29, 0.717) is 28.7 Å². The molecule has 3 amide bonds. The van der Waals surface area contributed by atoms with Gasteiger partial charge in [-0.2, -0.15) is 5.26 Å². The number of nitrogens with two attached hydrogens (primary N) is 1. The summed E-state index contributed by atoms with van der Waals surface area (Å²) in [5.74, 6) is 0.808. The lowest BCUT2D eigenvalue weighted by molar-refractivity contribution is -0.121. The van der Waals surface area contributed by atoms with Gasteiger partial charge in [-0.15, -0.1) is 0 Å². The van der Waals surface area contributed by atoms with Gasteiger partial charge in [-0.1, -0.05) is 51.1 Å². The van der Waals surface area contributed by atoms with Crippen molar-refractivity contribution in [1.82, 2.24) is 15.1 Å². The number of anilines is 5. The van der Waals surface area contributed by atoms with Gasteiger partial charge in [0.05, 0.1) is 23.3 Å². The maximum atomic E-state index is 14.1. The number of amidine groups is 1. The molecule has 13 heteroatoms. The van der Waals surface area contributed by atoms with Crippen LogP contribution in [0.3, 0.4) is 0 Å². The SMILES string of the molecule is CC1C=CC=C2N=C([C@H](C)Nc3ncnc(N)c3C#N)N(c3cccc(NC(=O)Nc4cc(C(C)(C)C)on4)c3)C(=O)C21. The molecule has 1 aromatic carbocycles. The third-order valence-corrected chi connectivity index (χ3v) is 7.07. The molecule has 13 nitrogen and oxygen atoms in total. The fraction of sp³-hybridized carbons (Fsp3) is 0.300. The highest BCUT2D eigenvalue weighted by atomic mass is 16.5. The average molecular weight is 581 g/mol. The van der Waals surface area contributed by atoms with Gasteiger partial charge in [-0.25, -0.2) is 19.8 Å². The number of nitriles is 1. The topological polar surface area (TPSA) is 187 Å². The van der Waals surface area contributed by atoms with Gasteiger partial charge in [0.1, 0.15) is 41.2 Å². The number of amides is 3. The number of nitrogen functional groups attached to an aromatic ring is 1. The zero-order valence-corrected chi connectivity index (χ0v) is 24.4. The summed E-state index contributed by atoms with van der Waals surface area (Å²) < 4.78 is 5.34. The molecule has 5 rings (SSSR count). The zero-order valence-electron chi connectivity index (χ0n) is 24.4. The average Bonchev–Trinajstić information content (AvgIpc) is 3.42. The summed E-state index contributed by atoms with van der Waals surface area (Å²) in [6.07, 6.45) is 6.94. The highest BCUT2D eigenvalue weighted by Gasteiger charge is 2.41. The number of carbonyl (C=O) groups is 2. The Bertz CT molecular complexity index is 1710. The maximum absolute atomic E-state index is 14.1. The van der Waals surface area contributed by atoms with E-state index in [1.807, 2.05) is 52.0 Å². The Morgan fingerprint density at radius 1 is 1.21 bits per heavy atom. The van der Waals surface area contributed by atoms with E-state index in [1.165, 1.54) is 11.2 Å². The Morgan fingerprint density at radius 2 is 2.00 bits per heavy atom. The van der Waals surface area contributed by atoms with Crippen LogP contribution in [0.25, 0.3) is 0 Å². The van der Waals surface area contributed by atoms with E-state index in [1.54, 1.807) is 37.3 Å². The lowest BCUT2D eigenvalue weighted by atomic mass is 9.84. The molecular weight excluding hydrogens is 548 g/mol. The lowest BCUT2D eigenvalue weighted by Crippen LogP contribution is -2.52. The van der Waals surface area contributed by atoms with E-state index < -0.39 is 18.0 Å². The molecule has 0 saturated carbocycles. The first-order valence-electron chi connectivity index (χ1n) is 13.7. The van der Waals surface area contributed by atoms with Crippen LogP contribution in [-0.2, 0) is 10.2 Å². The fourth-order valence-electron chi connectivity index (χ4n) is 4.83. The van der Waals surface area contributed by atoms with Gasteiger partial charge >= 0.3 is 6.03 Å².